The van der Waals surface area contributed by atoms with Crippen molar-refractivity contribution in [2.75, 3.05) is 20.3 Å². The van der Waals surface area contributed by atoms with Crippen LogP contribution in [0.5, 0.6) is 11.5 Å². The maximum atomic E-state index is 12.3. The van der Waals surface area contributed by atoms with E-state index in [0.29, 0.717) is 24.5 Å². The molecule has 6 heteroatoms. The SMILES string of the molecule is CCCOc1ccc(OCC(=O)NCc2ccc(C(=O)N(C)C(C)C)cc2)cc1. The molecule has 0 spiro atoms. The van der Waals surface area contributed by atoms with Gasteiger partial charge in [-0.1, -0.05) is 19.1 Å². The highest BCUT2D eigenvalue weighted by Gasteiger charge is 2.14. The summed E-state index contributed by atoms with van der Waals surface area (Å²) in [6, 6.07) is 14.6. The van der Waals surface area contributed by atoms with Crippen LogP contribution < -0.4 is 14.8 Å². The molecule has 0 aliphatic carbocycles. The van der Waals surface area contributed by atoms with Gasteiger partial charge in [0.05, 0.1) is 6.61 Å². The fraction of sp³-hybridized carbons (Fsp3) is 0.391. The highest BCUT2D eigenvalue weighted by molar-refractivity contribution is 5.94. The molecule has 1 N–H and O–H groups in total. The predicted molar refractivity (Wildman–Crippen MR) is 113 cm³/mol. The number of carbonyl (C=O) groups is 2. The van der Waals surface area contributed by atoms with Gasteiger partial charge in [0.1, 0.15) is 11.5 Å². The van der Waals surface area contributed by atoms with Gasteiger partial charge in [-0.15, -0.1) is 0 Å². The van der Waals surface area contributed by atoms with E-state index in [9.17, 15) is 9.59 Å². The number of amides is 2. The van der Waals surface area contributed by atoms with Crippen molar-refractivity contribution in [1.82, 2.24) is 10.2 Å². The first kappa shape index (κ1) is 22.3. The number of rotatable bonds is 10. The monoisotopic (exact) mass is 398 g/mol. The molecular weight excluding hydrogens is 368 g/mol. The largest absolute Gasteiger partial charge is 0.494 e. The number of benzene rings is 2. The van der Waals surface area contributed by atoms with Crippen molar-refractivity contribution in [3.05, 3.63) is 59.7 Å². The van der Waals surface area contributed by atoms with Crippen LogP contribution in [0.15, 0.2) is 48.5 Å². The molecule has 0 heterocycles. The third kappa shape index (κ3) is 7.14. The molecule has 0 unspecified atom stereocenters. The minimum absolute atomic E-state index is 0.0184. The van der Waals surface area contributed by atoms with Crippen molar-refractivity contribution < 1.29 is 19.1 Å². The molecule has 0 aromatic heterocycles. The molecule has 0 fully saturated rings. The van der Waals surface area contributed by atoms with Crippen molar-refractivity contribution in [3.8, 4) is 11.5 Å². The topological polar surface area (TPSA) is 67.9 Å². The van der Waals surface area contributed by atoms with Gasteiger partial charge in [0, 0.05) is 25.2 Å². The van der Waals surface area contributed by atoms with E-state index < -0.39 is 0 Å². The fourth-order valence-corrected chi connectivity index (χ4v) is 2.46. The quantitative estimate of drug-likeness (QED) is 0.663. The van der Waals surface area contributed by atoms with Crippen LogP contribution in [0.3, 0.4) is 0 Å². The van der Waals surface area contributed by atoms with Crippen molar-refractivity contribution in [1.29, 1.82) is 0 Å². The van der Waals surface area contributed by atoms with Gasteiger partial charge >= 0.3 is 0 Å². The Morgan fingerprint density at radius 3 is 2.10 bits per heavy atom. The van der Waals surface area contributed by atoms with E-state index in [0.717, 1.165) is 17.7 Å². The number of hydrogen-bond acceptors (Lipinski definition) is 4. The Labute approximate surface area is 172 Å². The summed E-state index contributed by atoms with van der Waals surface area (Å²) in [5.74, 6) is 1.16. The van der Waals surface area contributed by atoms with Gasteiger partial charge in [-0.05, 0) is 62.2 Å². The summed E-state index contributed by atoms with van der Waals surface area (Å²) in [4.78, 5) is 26.0. The van der Waals surface area contributed by atoms with Crippen molar-refractivity contribution >= 4 is 11.8 Å². The summed E-state index contributed by atoms with van der Waals surface area (Å²) in [6.45, 7) is 6.98. The minimum atomic E-state index is -0.212. The van der Waals surface area contributed by atoms with Gasteiger partial charge in [0.15, 0.2) is 6.61 Å². The fourth-order valence-electron chi connectivity index (χ4n) is 2.46. The summed E-state index contributed by atoms with van der Waals surface area (Å²) in [5.41, 5.74) is 1.55. The molecule has 0 aliphatic rings. The maximum Gasteiger partial charge on any atom is 0.258 e. The third-order valence-electron chi connectivity index (χ3n) is 4.45. The van der Waals surface area contributed by atoms with Gasteiger partial charge in [0.2, 0.25) is 0 Å². The van der Waals surface area contributed by atoms with Crippen LogP contribution in [0.4, 0.5) is 0 Å². The van der Waals surface area contributed by atoms with Crippen molar-refractivity contribution in [2.45, 2.75) is 39.8 Å². The smallest absolute Gasteiger partial charge is 0.258 e. The number of hydrogen-bond donors (Lipinski definition) is 1. The second-order valence-electron chi connectivity index (χ2n) is 7.09. The lowest BCUT2D eigenvalue weighted by Gasteiger charge is -2.21. The van der Waals surface area contributed by atoms with E-state index in [-0.39, 0.29) is 24.5 Å². The van der Waals surface area contributed by atoms with E-state index in [2.05, 4.69) is 12.2 Å². The Kier molecular flexibility index (Phi) is 8.52. The molecule has 0 saturated heterocycles. The standard InChI is InChI=1S/C23H30N2O4/c1-5-14-28-20-10-12-21(13-11-20)29-16-22(26)24-15-18-6-8-19(9-7-18)23(27)25(4)17(2)3/h6-13,17H,5,14-16H2,1-4H3,(H,24,26). The summed E-state index contributed by atoms with van der Waals surface area (Å²) >= 11 is 0. The lowest BCUT2D eigenvalue weighted by atomic mass is 10.1. The van der Waals surface area contributed by atoms with Crippen LogP contribution in [0.1, 0.15) is 43.1 Å². The molecule has 0 saturated carbocycles. The van der Waals surface area contributed by atoms with Gasteiger partial charge in [0.25, 0.3) is 11.8 Å². The Morgan fingerprint density at radius 2 is 1.55 bits per heavy atom. The molecule has 156 valence electrons. The molecule has 0 radical (unpaired) electrons. The van der Waals surface area contributed by atoms with Crippen molar-refractivity contribution in [3.63, 3.8) is 0 Å². The lowest BCUT2D eigenvalue weighted by Crippen LogP contribution is -2.33. The first-order chi connectivity index (χ1) is 13.9. The lowest BCUT2D eigenvalue weighted by molar-refractivity contribution is -0.123. The summed E-state index contributed by atoms with van der Waals surface area (Å²) < 4.78 is 11.0. The molecule has 2 rings (SSSR count). The molecule has 2 aromatic carbocycles. The summed E-state index contributed by atoms with van der Waals surface area (Å²) in [7, 11) is 1.78. The van der Waals surface area contributed by atoms with E-state index in [1.165, 1.54) is 0 Å². The second-order valence-corrected chi connectivity index (χ2v) is 7.09. The molecule has 0 bridgehead atoms. The minimum Gasteiger partial charge on any atom is -0.494 e. The Morgan fingerprint density at radius 1 is 0.966 bits per heavy atom. The zero-order chi connectivity index (χ0) is 21.2. The zero-order valence-electron chi connectivity index (χ0n) is 17.6. The molecule has 2 amide bonds. The zero-order valence-corrected chi connectivity index (χ0v) is 17.6. The van der Waals surface area contributed by atoms with Gasteiger partial charge in [-0.3, -0.25) is 9.59 Å². The first-order valence-electron chi connectivity index (χ1n) is 9.89. The van der Waals surface area contributed by atoms with E-state index >= 15 is 0 Å². The van der Waals surface area contributed by atoms with Crippen molar-refractivity contribution in [2.24, 2.45) is 0 Å². The van der Waals surface area contributed by atoms with Crippen LogP contribution in [0.2, 0.25) is 0 Å². The third-order valence-corrected chi connectivity index (χ3v) is 4.45. The summed E-state index contributed by atoms with van der Waals surface area (Å²) in [5, 5.41) is 2.81. The Hall–Kier alpha value is -3.02. The van der Waals surface area contributed by atoms with Crippen LogP contribution in [0, 0.1) is 0 Å². The average Bonchev–Trinajstić information content (AvgIpc) is 2.74. The molecule has 6 nitrogen and oxygen atoms in total. The van der Waals surface area contributed by atoms with Crippen LogP contribution in [0.25, 0.3) is 0 Å². The normalized spacial score (nSPS) is 10.5. The Balaban J connectivity index is 1.76. The molecule has 0 atom stereocenters. The van der Waals surface area contributed by atoms with Gasteiger partial charge in [-0.25, -0.2) is 0 Å². The number of nitrogens with zero attached hydrogens (tertiary/aromatic N) is 1. The van der Waals surface area contributed by atoms with E-state index in [1.807, 2.05) is 38.1 Å². The number of carbonyl (C=O) groups excluding carboxylic acids is 2. The second kappa shape index (κ2) is 11.1. The molecule has 29 heavy (non-hydrogen) atoms. The molecular formula is C23H30N2O4. The maximum absolute atomic E-state index is 12.3. The van der Waals surface area contributed by atoms with Crippen LogP contribution in [-0.2, 0) is 11.3 Å². The highest BCUT2D eigenvalue weighted by atomic mass is 16.5. The van der Waals surface area contributed by atoms with E-state index in [4.69, 9.17) is 9.47 Å². The highest BCUT2D eigenvalue weighted by Crippen LogP contribution is 2.17. The van der Waals surface area contributed by atoms with Gasteiger partial charge < -0.3 is 19.7 Å². The number of nitrogens with one attached hydrogen (secondary N) is 1. The van der Waals surface area contributed by atoms with Gasteiger partial charge in [-0.2, -0.15) is 0 Å². The predicted octanol–water partition coefficient (Wildman–Crippen LogP) is 3.65. The first-order valence-corrected chi connectivity index (χ1v) is 9.89. The average molecular weight is 399 g/mol. The molecule has 0 aliphatic heterocycles. The number of ether oxygens (including phenoxy) is 2. The van der Waals surface area contributed by atoms with Crippen LogP contribution >= 0.6 is 0 Å². The summed E-state index contributed by atoms with van der Waals surface area (Å²) in [6.07, 6.45) is 0.951. The Bertz CT molecular complexity index is 786. The van der Waals surface area contributed by atoms with E-state index in [1.54, 1.807) is 36.2 Å². The van der Waals surface area contributed by atoms with Crippen LogP contribution in [-0.4, -0.2) is 43.0 Å². The molecule has 2 aromatic rings.